The smallest absolute Gasteiger partial charge is 0.257 e. The Bertz CT molecular complexity index is 1650. The maximum absolute atomic E-state index is 13.4. The lowest BCUT2D eigenvalue weighted by molar-refractivity contribution is 0.102. The predicted octanol–water partition coefficient (Wildman–Crippen LogP) is 4.37. The first-order valence-corrected chi connectivity index (χ1v) is 12.9. The highest BCUT2D eigenvalue weighted by Crippen LogP contribution is 2.28. The van der Waals surface area contributed by atoms with Crippen LogP contribution in [-0.2, 0) is 13.6 Å². The topological polar surface area (TPSA) is 92.3 Å². The minimum Gasteiger partial charge on any atom is -0.384 e. The minimum atomic E-state index is -0.171. The molecule has 8 heteroatoms. The number of hydrogen-bond donors (Lipinski definition) is 2. The predicted molar refractivity (Wildman–Crippen MR) is 153 cm³/mol. The van der Waals surface area contributed by atoms with E-state index in [9.17, 15) is 4.79 Å². The van der Waals surface area contributed by atoms with Crippen molar-refractivity contribution >= 4 is 39.1 Å². The number of aromatic nitrogens is 3. The highest BCUT2D eigenvalue weighted by Gasteiger charge is 2.18. The number of anilines is 2. The lowest BCUT2D eigenvalue weighted by Crippen LogP contribution is -2.43. The van der Waals surface area contributed by atoms with Crippen LogP contribution in [0.25, 0.3) is 32.8 Å². The van der Waals surface area contributed by atoms with Crippen LogP contribution in [0.15, 0.2) is 72.9 Å². The maximum atomic E-state index is 13.4. The van der Waals surface area contributed by atoms with E-state index in [1.54, 1.807) is 10.9 Å². The lowest BCUT2D eigenvalue weighted by atomic mass is 9.98. The zero-order valence-electron chi connectivity index (χ0n) is 21.7. The molecule has 192 valence electrons. The molecule has 8 nitrogen and oxygen atoms in total. The van der Waals surface area contributed by atoms with E-state index in [0.29, 0.717) is 17.2 Å². The van der Waals surface area contributed by atoms with E-state index in [2.05, 4.69) is 50.4 Å². The number of carbonyl (C=O) groups is 1. The fourth-order valence-electron chi connectivity index (χ4n) is 5.24. The van der Waals surface area contributed by atoms with Gasteiger partial charge in [0.25, 0.3) is 5.91 Å². The number of fused-ring (bicyclic) bond motifs is 2. The molecule has 3 heterocycles. The molecule has 0 atom stereocenters. The quantitative estimate of drug-likeness (QED) is 0.369. The van der Waals surface area contributed by atoms with Gasteiger partial charge in [0, 0.05) is 68.5 Å². The van der Waals surface area contributed by atoms with Gasteiger partial charge in [-0.3, -0.25) is 14.4 Å². The maximum Gasteiger partial charge on any atom is 0.257 e. The fourth-order valence-corrected chi connectivity index (χ4v) is 5.24. The van der Waals surface area contributed by atoms with E-state index in [1.165, 1.54) is 5.56 Å². The molecule has 0 aliphatic carbocycles. The molecular formula is C30H31N7O. The summed E-state index contributed by atoms with van der Waals surface area (Å²) in [4.78, 5) is 22.5. The van der Waals surface area contributed by atoms with Gasteiger partial charge in [0.15, 0.2) is 5.82 Å². The number of nitrogen functional groups attached to an aromatic ring is 1. The molecule has 2 aromatic heterocycles. The summed E-state index contributed by atoms with van der Waals surface area (Å²) in [7, 11) is 4.04. The number of benzene rings is 3. The molecule has 5 aromatic rings. The number of rotatable bonds is 5. The molecule has 0 radical (unpaired) electrons. The van der Waals surface area contributed by atoms with Crippen molar-refractivity contribution in [3.8, 4) is 11.3 Å². The Balaban J connectivity index is 1.25. The fraction of sp³-hybridized carbons (Fsp3) is 0.233. The van der Waals surface area contributed by atoms with Gasteiger partial charge < -0.3 is 16.0 Å². The molecule has 0 bridgehead atoms. The largest absolute Gasteiger partial charge is 0.384 e. The summed E-state index contributed by atoms with van der Waals surface area (Å²) < 4.78 is 1.78. The van der Waals surface area contributed by atoms with E-state index in [-0.39, 0.29) is 5.91 Å². The Hall–Kier alpha value is -4.27. The standard InChI is InChI=1S/C30H31N7O/c1-35-11-13-37(14-12-35)19-22-9-10-26(25-6-4-3-5-24(22)25)30(38)33-29-17-27(36(2)34-29)21-8-7-20-16-28(31)32-18-23(20)15-21/h3-10,15-18H,11-14,19H2,1-2H3,(H2,31,32)(H,33,34,38). The summed E-state index contributed by atoms with van der Waals surface area (Å²) in [6.45, 7) is 5.14. The number of amides is 1. The van der Waals surface area contributed by atoms with Gasteiger partial charge in [-0.2, -0.15) is 5.10 Å². The van der Waals surface area contributed by atoms with Crippen molar-refractivity contribution < 1.29 is 4.79 Å². The number of likely N-dealkylation sites (N-methyl/N-ethyl adjacent to an activating group) is 1. The first-order valence-electron chi connectivity index (χ1n) is 12.9. The summed E-state index contributed by atoms with van der Waals surface area (Å²) in [5.41, 5.74) is 9.58. The minimum absolute atomic E-state index is 0.171. The number of piperazine rings is 1. The first kappa shape index (κ1) is 24.1. The highest BCUT2D eigenvalue weighted by atomic mass is 16.1. The summed E-state index contributed by atoms with van der Waals surface area (Å²) >= 11 is 0. The third-order valence-electron chi connectivity index (χ3n) is 7.41. The zero-order valence-corrected chi connectivity index (χ0v) is 21.7. The average Bonchev–Trinajstić information content (AvgIpc) is 3.29. The summed E-state index contributed by atoms with van der Waals surface area (Å²) in [5, 5.41) is 11.7. The second-order valence-corrected chi connectivity index (χ2v) is 10.1. The highest BCUT2D eigenvalue weighted by molar-refractivity contribution is 6.13. The molecule has 1 fully saturated rings. The van der Waals surface area contributed by atoms with Crippen molar-refractivity contribution in [3.63, 3.8) is 0 Å². The first-order chi connectivity index (χ1) is 18.4. The lowest BCUT2D eigenvalue weighted by Gasteiger charge is -2.32. The second-order valence-electron chi connectivity index (χ2n) is 10.1. The number of aryl methyl sites for hydroxylation is 1. The van der Waals surface area contributed by atoms with Gasteiger partial charge in [0.05, 0.1) is 5.69 Å². The van der Waals surface area contributed by atoms with Crippen LogP contribution in [0.3, 0.4) is 0 Å². The molecule has 1 amide bonds. The summed E-state index contributed by atoms with van der Waals surface area (Å²) in [6, 6.07) is 22.0. The monoisotopic (exact) mass is 505 g/mol. The summed E-state index contributed by atoms with van der Waals surface area (Å²) in [6.07, 6.45) is 1.77. The number of nitrogens with one attached hydrogen (secondary N) is 1. The van der Waals surface area contributed by atoms with Crippen molar-refractivity contribution in [2.45, 2.75) is 6.54 Å². The third-order valence-corrected chi connectivity index (χ3v) is 7.41. The molecule has 1 aliphatic heterocycles. The number of nitrogens with zero attached hydrogens (tertiary/aromatic N) is 5. The van der Waals surface area contributed by atoms with Gasteiger partial charge in [0.2, 0.25) is 0 Å². The Kier molecular flexibility index (Phi) is 6.27. The van der Waals surface area contributed by atoms with E-state index in [4.69, 9.17) is 5.73 Å². The van der Waals surface area contributed by atoms with Crippen LogP contribution in [0.2, 0.25) is 0 Å². The van der Waals surface area contributed by atoms with Crippen LogP contribution in [-0.4, -0.2) is 63.7 Å². The van der Waals surface area contributed by atoms with Crippen LogP contribution in [0, 0.1) is 0 Å². The number of pyridine rings is 1. The van der Waals surface area contributed by atoms with E-state index >= 15 is 0 Å². The molecule has 3 N–H and O–H groups in total. The molecule has 0 unspecified atom stereocenters. The van der Waals surface area contributed by atoms with Crippen molar-refractivity contribution in [1.82, 2.24) is 24.6 Å². The number of hydrogen-bond acceptors (Lipinski definition) is 6. The Morgan fingerprint density at radius 3 is 2.53 bits per heavy atom. The Morgan fingerprint density at radius 2 is 1.71 bits per heavy atom. The average molecular weight is 506 g/mol. The van der Waals surface area contributed by atoms with Crippen molar-refractivity contribution in [2.75, 3.05) is 44.3 Å². The molecule has 3 aromatic carbocycles. The molecule has 0 spiro atoms. The molecule has 1 saturated heterocycles. The SMILES string of the molecule is CN1CCN(Cc2ccc(C(=O)Nc3cc(-c4ccc5cc(N)ncc5c4)n(C)n3)c3ccccc23)CC1. The van der Waals surface area contributed by atoms with Crippen LogP contribution in [0.5, 0.6) is 0 Å². The Labute approximate surface area is 221 Å². The normalized spacial score (nSPS) is 14.8. The van der Waals surface area contributed by atoms with Crippen LogP contribution in [0.1, 0.15) is 15.9 Å². The third kappa shape index (κ3) is 4.71. The van der Waals surface area contributed by atoms with Gasteiger partial charge in [-0.1, -0.05) is 42.5 Å². The van der Waals surface area contributed by atoms with E-state index in [0.717, 1.165) is 65.5 Å². The van der Waals surface area contributed by atoms with Crippen molar-refractivity contribution in [2.24, 2.45) is 7.05 Å². The zero-order chi connectivity index (χ0) is 26.2. The second kappa shape index (κ2) is 9.89. The van der Waals surface area contributed by atoms with Gasteiger partial charge >= 0.3 is 0 Å². The van der Waals surface area contributed by atoms with Crippen molar-refractivity contribution in [3.05, 3.63) is 84.1 Å². The Morgan fingerprint density at radius 1 is 0.921 bits per heavy atom. The number of nitrogens with two attached hydrogens (primary N) is 1. The van der Waals surface area contributed by atoms with Crippen LogP contribution in [0.4, 0.5) is 11.6 Å². The van der Waals surface area contributed by atoms with E-state index in [1.807, 2.05) is 55.6 Å². The molecule has 38 heavy (non-hydrogen) atoms. The van der Waals surface area contributed by atoms with Gasteiger partial charge in [-0.15, -0.1) is 0 Å². The van der Waals surface area contributed by atoms with Gasteiger partial charge in [-0.05, 0) is 47.0 Å². The van der Waals surface area contributed by atoms with E-state index < -0.39 is 0 Å². The number of carbonyl (C=O) groups excluding carboxylic acids is 1. The molecule has 6 rings (SSSR count). The van der Waals surface area contributed by atoms with Crippen LogP contribution < -0.4 is 11.1 Å². The summed E-state index contributed by atoms with van der Waals surface area (Å²) in [5.74, 6) is 0.833. The molecular weight excluding hydrogens is 474 g/mol. The van der Waals surface area contributed by atoms with Crippen LogP contribution >= 0.6 is 0 Å². The van der Waals surface area contributed by atoms with Crippen molar-refractivity contribution in [1.29, 1.82) is 0 Å². The molecule has 1 aliphatic rings. The molecule has 0 saturated carbocycles. The van der Waals surface area contributed by atoms with Gasteiger partial charge in [0.1, 0.15) is 5.82 Å². The van der Waals surface area contributed by atoms with Gasteiger partial charge in [-0.25, -0.2) is 4.98 Å².